The van der Waals surface area contributed by atoms with Crippen LogP contribution in [0.3, 0.4) is 0 Å². The summed E-state index contributed by atoms with van der Waals surface area (Å²) in [4.78, 5) is 17.7. The second-order valence-corrected chi connectivity index (χ2v) is 10.1. The van der Waals surface area contributed by atoms with Crippen molar-refractivity contribution >= 4 is 28.6 Å². The lowest BCUT2D eigenvalue weighted by molar-refractivity contribution is 0.0689. The number of aryl methyl sites for hydroxylation is 1. The molecule has 1 aliphatic heterocycles. The predicted molar refractivity (Wildman–Crippen MR) is 144 cm³/mol. The molecule has 1 N–H and O–H groups in total. The largest absolute Gasteiger partial charge is 0.487 e. The quantitative estimate of drug-likeness (QED) is 0.261. The fourth-order valence-corrected chi connectivity index (χ4v) is 4.98. The molecule has 0 radical (unpaired) electrons. The van der Waals surface area contributed by atoms with Gasteiger partial charge in [-0.05, 0) is 43.5 Å². The molecule has 2 aliphatic rings. The summed E-state index contributed by atoms with van der Waals surface area (Å²) in [6, 6.07) is 14.7. The van der Waals surface area contributed by atoms with E-state index in [4.69, 9.17) is 9.26 Å². The highest BCUT2D eigenvalue weighted by Crippen LogP contribution is 2.45. The molecule has 7 nitrogen and oxygen atoms in total. The molecule has 0 atom stereocenters. The molecule has 2 aromatic carbocycles. The number of anilines is 1. The van der Waals surface area contributed by atoms with Crippen molar-refractivity contribution in [2.75, 3.05) is 24.6 Å². The van der Waals surface area contributed by atoms with Crippen LogP contribution in [0.15, 0.2) is 59.1 Å². The Morgan fingerprint density at radius 2 is 2.00 bits per heavy atom. The number of nitrogens with zero attached hydrogens (tertiary/aromatic N) is 3. The lowest BCUT2D eigenvalue weighted by Crippen LogP contribution is -2.45. The van der Waals surface area contributed by atoms with Crippen molar-refractivity contribution in [3.05, 3.63) is 77.2 Å². The number of hydrogen-bond acceptors (Lipinski definition) is 6. The van der Waals surface area contributed by atoms with Gasteiger partial charge in [-0.1, -0.05) is 41.6 Å². The van der Waals surface area contributed by atoms with Gasteiger partial charge in [0.25, 0.3) is 6.43 Å². The summed E-state index contributed by atoms with van der Waals surface area (Å²) < 4.78 is 36.7. The minimum atomic E-state index is -2.68. The van der Waals surface area contributed by atoms with Crippen LogP contribution in [0.4, 0.5) is 14.5 Å². The van der Waals surface area contributed by atoms with Crippen LogP contribution in [0.2, 0.25) is 0 Å². The van der Waals surface area contributed by atoms with Gasteiger partial charge in [-0.15, -0.1) is 0 Å². The van der Waals surface area contributed by atoms with Crippen molar-refractivity contribution in [2.45, 2.75) is 32.1 Å². The molecular formula is C30H27F2N3O4. The van der Waals surface area contributed by atoms with E-state index in [1.807, 2.05) is 24.3 Å². The van der Waals surface area contributed by atoms with Crippen LogP contribution in [0.1, 0.15) is 46.1 Å². The van der Waals surface area contributed by atoms with E-state index in [1.54, 1.807) is 6.07 Å². The Labute approximate surface area is 223 Å². The normalized spacial score (nSPS) is 15.8. The van der Waals surface area contributed by atoms with Crippen molar-refractivity contribution in [2.24, 2.45) is 5.92 Å². The van der Waals surface area contributed by atoms with Crippen molar-refractivity contribution in [1.82, 2.24) is 10.1 Å². The Bertz CT molecular complexity index is 1570. The lowest BCUT2D eigenvalue weighted by atomic mass is 9.95. The molecule has 4 aromatic rings. The van der Waals surface area contributed by atoms with Gasteiger partial charge in [-0.3, -0.25) is 0 Å². The molecule has 1 saturated carbocycles. The maximum atomic E-state index is 12.8. The van der Waals surface area contributed by atoms with Gasteiger partial charge in [-0.2, -0.15) is 0 Å². The number of aromatic nitrogens is 2. The average Bonchev–Trinajstić information content (AvgIpc) is 3.66. The SMILES string of the molecule is Cc1ccccc1-c1noc(C2CC2)c1/C=C/C1CN(c2ccc3nc(C(=O)O)cc(OCC(F)F)c3c2)C1. The first-order valence-corrected chi connectivity index (χ1v) is 12.9. The number of benzene rings is 2. The van der Waals surface area contributed by atoms with Crippen molar-refractivity contribution < 1.29 is 27.9 Å². The van der Waals surface area contributed by atoms with Gasteiger partial charge >= 0.3 is 5.97 Å². The Morgan fingerprint density at radius 1 is 1.21 bits per heavy atom. The maximum absolute atomic E-state index is 12.8. The third-order valence-electron chi connectivity index (χ3n) is 7.25. The van der Waals surface area contributed by atoms with Crippen LogP contribution in [0.25, 0.3) is 28.2 Å². The summed E-state index contributed by atoms with van der Waals surface area (Å²) in [5.41, 5.74) is 5.17. The second kappa shape index (κ2) is 10.1. The van der Waals surface area contributed by atoms with E-state index in [-0.39, 0.29) is 11.4 Å². The first-order chi connectivity index (χ1) is 18.9. The van der Waals surface area contributed by atoms with Gasteiger partial charge in [0.15, 0.2) is 5.69 Å². The number of rotatable bonds is 9. The maximum Gasteiger partial charge on any atom is 0.354 e. The molecule has 0 amide bonds. The summed E-state index contributed by atoms with van der Waals surface area (Å²) >= 11 is 0. The number of carboxylic acids is 1. The Hall–Kier alpha value is -4.27. The fraction of sp³-hybridized carbons (Fsp3) is 0.300. The number of pyridine rings is 1. The molecule has 1 saturated heterocycles. The number of carboxylic acid groups (broad SMARTS) is 1. The number of alkyl halides is 2. The van der Waals surface area contributed by atoms with Crippen molar-refractivity contribution in [1.29, 1.82) is 0 Å². The van der Waals surface area contributed by atoms with E-state index in [2.05, 4.69) is 46.2 Å². The molecule has 39 heavy (non-hydrogen) atoms. The summed E-state index contributed by atoms with van der Waals surface area (Å²) in [5, 5.41) is 14.3. The molecule has 2 aromatic heterocycles. The summed E-state index contributed by atoms with van der Waals surface area (Å²) in [6.45, 7) is 2.80. The van der Waals surface area contributed by atoms with E-state index < -0.39 is 19.0 Å². The van der Waals surface area contributed by atoms with Crippen LogP contribution in [-0.4, -0.2) is 47.3 Å². The minimum absolute atomic E-state index is 0.0836. The Balaban J connectivity index is 1.21. The number of ether oxygens (including phenoxy) is 1. The molecule has 6 rings (SSSR count). The minimum Gasteiger partial charge on any atom is -0.487 e. The van der Waals surface area contributed by atoms with Gasteiger partial charge in [-0.25, -0.2) is 18.6 Å². The summed E-state index contributed by atoms with van der Waals surface area (Å²) in [6.07, 6.45) is 3.91. The highest BCUT2D eigenvalue weighted by Gasteiger charge is 2.32. The number of aromatic carboxylic acids is 1. The van der Waals surface area contributed by atoms with E-state index in [9.17, 15) is 18.7 Å². The second-order valence-electron chi connectivity index (χ2n) is 10.1. The Kier molecular flexibility index (Phi) is 6.50. The van der Waals surface area contributed by atoms with Gasteiger partial charge in [0, 0.05) is 53.2 Å². The Morgan fingerprint density at radius 3 is 2.72 bits per heavy atom. The third kappa shape index (κ3) is 5.08. The van der Waals surface area contributed by atoms with Gasteiger partial charge in [0.05, 0.1) is 5.52 Å². The van der Waals surface area contributed by atoms with Crippen LogP contribution >= 0.6 is 0 Å². The van der Waals surface area contributed by atoms with Gasteiger partial charge in [0.1, 0.15) is 23.8 Å². The first kappa shape index (κ1) is 25.0. The topological polar surface area (TPSA) is 88.7 Å². The standard InChI is InChI=1S/C30H27F2N3O4/c1-17-4-2-3-5-21(17)28-22(29(39-34-28)19-7-8-19)10-6-18-14-35(15-18)20-9-11-24-23(12-20)26(38-16-27(31)32)13-25(33-24)30(36)37/h2-6,9-13,18-19,27H,7-8,14-16H2,1H3,(H,36,37)/b10-6+. The highest BCUT2D eigenvalue weighted by molar-refractivity contribution is 5.94. The number of carbonyl (C=O) groups is 1. The highest BCUT2D eigenvalue weighted by atomic mass is 19.3. The van der Waals surface area contributed by atoms with Crippen molar-refractivity contribution in [3.63, 3.8) is 0 Å². The zero-order valence-corrected chi connectivity index (χ0v) is 21.3. The first-order valence-electron chi connectivity index (χ1n) is 12.9. The zero-order chi connectivity index (χ0) is 27.1. The van der Waals surface area contributed by atoms with Gasteiger partial charge in [0.2, 0.25) is 0 Å². The molecule has 9 heteroatoms. The van der Waals surface area contributed by atoms with E-state index in [0.29, 0.717) is 22.7 Å². The monoisotopic (exact) mass is 531 g/mol. The molecule has 0 unspecified atom stereocenters. The van der Waals surface area contributed by atoms with Crippen molar-refractivity contribution in [3.8, 4) is 17.0 Å². The van der Waals surface area contributed by atoms with Crippen LogP contribution in [0, 0.1) is 12.8 Å². The predicted octanol–water partition coefficient (Wildman–Crippen LogP) is 6.57. The molecule has 3 heterocycles. The van der Waals surface area contributed by atoms with E-state index >= 15 is 0 Å². The molecular weight excluding hydrogens is 504 g/mol. The average molecular weight is 532 g/mol. The molecule has 1 aliphatic carbocycles. The van der Waals surface area contributed by atoms with Crippen LogP contribution in [-0.2, 0) is 0 Å². The fourth-order valence-electron chi connectivity index (χ4n) is 4.98. The van der Waals surface area contributed by atoms with E-state index in [1.165, 1.54) is 6.07 Å². The number of halogens is 2. The van der Waals surface area contributed by atoms with E-state index in [0.717, 1.165) is 59.8 Å². The van der Waals surface area contributed by atoms with Crippen LogP contribution < -0.4 is 9.64 Å². The zero-order valence-electron chi connectivity index (χ0n) is 21.3. The van der Waals surface area contributed by atoms with Crippen LogP contribution in [0.5, 0.6) is 5.75 Å². The summed E-state index contributed by atoms with van der Waals surface area (Å²) in [7, 11) is 0. The number of fused-ring (bicyclic) bond motifs is 1. The molecule has 0 bridgehead atoms. The third-order valence-corrected chi connectivity index (χ3v) is 7.25. The lowest BCUT2D eigenvalue weighted by Gasteiger charge is -2.39. The molecule has 200 valence electrons. The molecule has 0 spiro atoms. The van der Waals surface area contributed by atoms with Gasteiger partial charge < -0.3 is 19.3 Å². The summed E-state index contributed by atoms with van der Waals surface area (Å²) in [5.74, 6) is 0.542. The molecule has 2 fully saturated rings. The number of hydrogen-bond donors (Lipinski definition) is 1. The smallest absolute Gasteiger partial charge is 0.354 e.